The van der Waals surface area contributed by atoms with Crippen molar-refractivity contribution in [2.24, 2.45) is 17.8 Å². The molecule has 1 aliphatic carbocycles. The monoisotopic (exact) mass is 363 g/mol. The first-order chi connectivity index (χ1) is 12.6. The Kier molecular flexibility index (Phi) is 6.61. The molecule has 0 radical (unpaired) electrons. The van der Waals surface area contributed by atoms with Gasteiger partial charge in [0.1, 0.15) is 23.3 Å². The highest BCUT2D eigenvalue weighted by molar-refractivity contribution is 5.35. The van der Waals surface area contributed by atoms with Crippen LogP contribution in [-0.2, 0) is 9.47 Å². The number of benzene rings is 1. The predicted molar refractivity (Wildman–Crippen MR) is 94.2 cm³/mol. The molecule has 1 saturated heterocycles. The first kappa shape index (κ1) is 19.3. The molecule has 142 valence electrons. The third-order valence-electron chi connectivity index (χ3n) is 5.94. The maximum atomic E-state index is 13.7. The number of nitriles is 1. The Balaban J connectivity index is 1.45. The van der Waals surface area contributed by atoms with Crippen molar-refractivity contribution in [2.75, 3.05) is 13.2 Å². The Morgan fingerprint density at radius 2 is 1.50 bits per heavy atom. The smallest absolute Gasteiger partial charge is 0.184 e. The topological polar surface area (TPSA) is 42.2 Å². The molecule has 0 spiro atoms. The van der Waals surface area contributed by atoms with Crippen molar-refractivity contribution >= 4 is 0 Å². The third-order valence-corrected chi connectivity index (χ3v) is 5.94. The minimum Gasteiger partial charge on any atom is -0.348 e. The van der Waals surface area contributed by atoms with E-state index in [1.54, 1.807) is 0 Å². The van der Waals surface area contributed by atoms with Crippen LogP contribution in [0, 0.1) is 40.7 Å². The third kappa shape index (κ3) is 4.61. The summed E-state index contributed by atoms with van der Waals surface area (Å²) in [6.45, 7) is 3.36. The largest absolute Gasteiger partial charge is 0.348 e. The Hall–Kier alpha value is -1.51. The fraction of sp³-hybridized carbons (Fsp3) is 0.667. The first-order valence-electron chi connectivity index (χ1n) is 9.73. The van der Waals surface area contributed by atoms with E-state index in [2.05, 4.69) is 6.92 Å². The lowest BCUT2D eigenvalue weighted by Gasteiger charge is -2.32. The molecule has 1 heterocycles. The van der Waals surface area contributed by atoms with Gasteiger partial charge in [0, 0.05) is 11.5 Å². The van der Waals surface area contributed by atoms with Crippen molar-refractivity contribution in [3.63, 3.8) is 0 Å². The summed E-state index contributed by atoms with van der Waals surface area (Å²) < 4.78 is 38.9. The zero-order valence-electron chi connectivity index (χ0n) is 15.3. The number of nitrogens with zero attached hydrogens (tertiary/aromatic N) is 1. The van der Waals surface area contributed by atoms with Gasteiger partial charge in [-0.05, 0) is 30.4 Å². The molecule has 0 N–H and O–H groups in total. The molecule has 5 heteroatoms. The molecule has 0 atom stereocenters. The van der Waals surface area contributed by atoms with E-state index in [0.717, 1.165) is 30.4 Å². The molecule has 1 aliphatic heterocycles. The Morgan fingerprint density at radius 1 is 0.962 bits per heavy atom. The standard InChI is InChI=1S/C21H27F2NO2/c1-2-14-3-5-15(6-4-14)7-8-16-12-25-21(26-13-16)17-9-19(22)18(11-24)20(23)10-17/h9-10,14-16,21H,2-8,12-13H2,1H3. The highest BCUT2D eigenvalue weighted by atomic mass is 19.1. The molecule has 1 saturated carbocycles. The van der Waals surface area contributed by atoms with E-state index in [1.807, 2.05) is 0 Å². The van der Waals surface area contributed by atoms with Gasteiger partial charge in [-0.25, -0.2) is 8.78 Å². The van der Waals surface area contributed by atoms with Crippen LogP contribution >= 0.6 is 0 Å². The Morgan fingerprint density at radius 3 is 2.04 bits per heavy atom. The average Bonchev–Trinajstić information content (AvgIpc) is 2.67. The number of hydrogen-bond donors (Lipinski definition) is 0. The van der Waals surface area contributed by atoms with Gasteiger partial charge in [0.05, 0.1) is 13.2 Å². The van der Waals surface area contributed by atoms with Gasteiger partial charge in [-0.1, -0.05) is 45.4 Å². The Bertz CT molecular complexity index is 619. The molecular formula is C21H27F2NO2. The van der Waals surface area contributed by atoms with Crippen molar-refractivity contribution in [1.82, 2.24) is 0 Å². The number of ether oxygens (including phenoxy) is 2. The van der Waals surface area contributed by atoms with E-state index >= 15 is 0 Å². The van der Waals surface area contributed by atoms with Crippen molar-refractivity contribution in [1.29, 1.82) is 5.26 Å². The van der Waals surface area contributed by atoms with Crippen LogP contribution in [0.25, 0.3) is 0 Å². The van der Waals surface area contributed by atoms with Gasteiger partial charge in [0.2, 0.25) is 0 Å². The molecule has 26 heavy (non-hydrogen) atoms. The molecular weight excluding hydrogens is 336 g/mol. The molecule has 1 aromatic rings. The second kappa shape index (κ2) is 8.92. The first-order valence-corrected chi connectivity index (χ1v) is 9.73. The maximum Gasteiger partial charge on any atom is 0.184 e. The van der Waals surface area contributed by atoms with Crippen LogP contribution in [0.2, 0.25) is 0 Å². The van der Waals surface area contributed by atoms with E-state index in [9.17, 15) is 8.78 Å². The van der Waals surface area contributed by atoms with Crippen LogP contribution in [0.4, 0.5) is 8.78 Å². The van der Waals surface area contributed by atoms with E-state index < -0.39 is 23.5 Å². The summed E-state index contributed by atoms with van der Waals surface area (Å²) in [5.41, 5.74) is -0.282. The summed E-state index contributed by atoms with van der Waals surface area (Å²) in [6.07, 6.45) is 8.20. The molecule has 0 bridgehead atoms. The lowest BCUT2D eigenvalue weighted by atomic mass is 9.78. The van der Waals surface area contributed by atoms with Crippen molar-refractivity contribution in [3.8, 4) is 6.07 Å². The summed E-state index contributed by atoms with van der Waals surface area (Å²) in [5.74, 6) is 0.320. The van der Waals surface area contributed by atoms with Crippen LogP contribution in [0.1, 0.15) is 69.3 Å². The summed E-state index contributed by atoms with van der Waals surface area (Å²) in [4.78, 5) is 0. The van der Waals surface area contributed by atoms with E-state index in [0.29, 0.717) is 19.1 Å². The van der Waals surface area contributed by atoms with Crippen LogP contribution in [0.15, 0.2) is 12.1 Å². The quantitative estimate of drug-likeness (QED) is 0.694. The fourth-order valence-electron chi connectivity index (χ4n) is 4.14. The highest BCUT2D eigenvalue weighted by Gasteiger charge is 2.27. The van der Waals surface area contributed by atoms with Gasteiger partial charge < -0.3 is 9.47 Å². The minimum atomic E-state index is -0.875. The molecule has 1 aromatic carbocycles. The lowest BCUT2D eigenvalue weighted by molar-refractivity contribution is -0.206. The SMILES string of the molecule is CCC1CCC(CCC2COC(c3cc(F)c(C#N)c(F)c3)OC2)CC1. The molecule has 3 rings (SSSR count). The average molecular weight is 363 g/mol. The maximum absolute atomic E-state index is 13.7. The molecule has 3 nitrogen and oxygen atoms in total. The zero-order chi connectivity index (χ0) is 18.5. The summed E-state index contributed by atoms with van der Waals surface area (Å²) in [5, 5.41) is 8.74. The summed E-state index contributed by atoms with van der Waals surface area (Å²) in [7, 11) is 0. The number of hydrogen-bond acceptors (Lipinski definition) is 3. The summed E-state index contributed by atoms with van der Waals surface area (Å²) >= 11 is 0. The van der Waals surface area contributed by atoms with E-state index in [1.165, 1.54) is 44.6 Å². The molecule has 2 aliphatic rings. The second-order valence-electron chi connectivity index (χ2n) is 7.71. The molecule has 0 aromatic heterocycles. The van der Waals surface area contributed by atoms with Gasteiger partial charge >= 0.3 is 0 Å². The van der Waals surface area contributed by atoms with Crippen molar-refractivity contribution < 1.29 is 18.3 Å². The van der Waals surface area contributed by atoms with E-state index in [4.69, 9.17) is 14.7 Å². The molecule has 0 amide bonds. The van der Waals surface area contributed by atoms with Gasteiger partial charge in [0.25, 0.3) is 0 Å². The van der Waals surface area contributed by atoms with Gasteiger partial charge in [-0.3, -0.25) is 0 Å². The van der Waals surface area contributed by atoms with Crippen LogP contribution in [-0.4, -0.2) is 13.2 Å². The van der Waals surface area contributed by atoms with Crippen LogP contribution in [0.5, 0.6) is 0 Å². The second-order valence-corrected chi connectivity index (χ2v) is 7.71. The van der Waals surface area contributed by atoms with Crippen LogP contribution < -0.4 is 0 Å². The number of halogens is 2. The number of rotatable bonds is 5. The molecule has 2 fully saturated rings. The Labute approximate surface area is 154 Å². The molecule has 0 unspecified atom stereocenters. The van der Waals surface area contributed by atoms with Gasteiger partial charge in [-0.15, -0.1) is 0 Å². The fourth-order valence-corrected chi connectivity index (χ4v) is 4.14. The van der Waals surface area contributed by atoms with Gasteiger partial charge in [0.15, 0.2) is 6.29 Å². The summed E-state index contributed by atoms with van der Waals surface area (Å²) in [6, 6.07) is 3.77. The van der Waals surface area contributed by atoms with E-state index in [-0.39, 0.29) is 5.56 Å². The van der Waals surface area contributed by atoms with Gasteiger partial charge in [-0.2, -0.15) is 5.26 Å². The normalized spacial score (nSPS) is 29.3. The lowest BCUT2D eigenvalue weighted by Crippen LogP contribution is -2.28. The van der Waals surface area contributed by atoms with Crippen LogP contribution in [0.3, 0.4) is 0 Å². The minimum absolute atomic E-state index is 0.287. The highest BCUT2D eigenvalue weighted by Crippen LogP contribution is 2.35. The van der Waals surface area contributed by atoms with Crippen molar-refractivity contribution in [3.05, 3.63) is 34.9 Å². The predicted octanol–water partition coefficient (Wildman–Crippen LogP) is 5.49. The van der Waals surface area contributed by atoms with Crippen molar-refractivity contribution in [2.45, 2.75) is 58.2 Å². The zero-order valence-corrected chi connectivity index (χ0v) is 15.3.